The van der Waals surface area contributed by atoms with Gasteiger partial charge in [-0.05, 0) is 29.0 Å². The molecule has 0 saturated carbocycles. The fraction of sp³-hybridized carbons (Fsp3) is 0.364. The van der Waals surface area contributed by atoms with Crippen LogP contribution >= 0.6 is 22.6 Å². The molecule has 0 radical (unpaired) electrons. The normalized spacial score (nSPS) is 11.7. The molecule has 108 valence electrons. The molecule has 0 fully saturated rings. The number of aromatic nitrogens is 4. The second-order valence-electron chi connectivity index (χ2n) is 3.96. The molecule has 2 heterocycles. The first-order chi connectivity index (χ1) is 9.40. The molecule has 0 atom stereocenters. The molecule has 0 unspecified atom stereocenters. The monoisotopic (exact) mass is 397 g/mol. The molecule has 9 heteroatoms. The molecule has 0 aliphatic heterocycles. The molecule has 0 bridgehead atoms. The largest absolute Gasteiger partial charge is 0.451 e. The molecule has 20 heavy (non-hydrogen) atoms. The van der Waals surface area contributed by atoms with E-state index in [1.807, 2.05) is 29.5 Å². The van der Waals surface area contributed by atoms with Gasteiger partial charge < -0.3 is 5.32 Å². The first-order valence-electron chi connectivity index (χ1n) is 5.81. The smallest absolute Gasteiger partial charge is 0.370 e. The molecule has 0 aliphatic carbocycles. The van der Waals surface area contributed by atoms with E-state index in [2.05, 4.69) is 20.4 Å². The van der Waals surface area contributed by atoms with Crippen molar-refractivity contribution in [3.8, 4) is 5.82 Å². The topological polar surface area (TPSA) is 55.6 Å². The fourth-order valence-corrected chi connectivity index (χ4v) is 1.84. The van der Waals surface area contributed by atoms with Crippen molar-refractivity contribution in [3.63, 3.8) is 0 Å². The Balaban J connectivity index is 2.45. The van der Waals surface area contributed by atoms with E-state index < -0.39 is 12.0 Å². The predicted molar refractivity (Wildman–Crippen MR) is 75.7 cm³/mol. The van der Waals surface area contributed by atoms with Crippen LogP contribution in [0.5, 0.6) is 0 Å². The lowest BCUT2D eigenvalue weighted by molar-refractivity contribution is -0.144. The molecule has 0 aliphatic rings. The van der Waals surface area contributed by atoms with Crippen LogP contribution in [-0.2, 0) is 6.18 Å². The van der Waals surface area contributed by atoms with Crippen molar-refractivity contribution >= 4 is 28.4 Å². The Bertz CT molecular complexity index is 596. The van der Waals surface area contributed by atoms with Gasteiger partial charge in [0, 0.05) is 18.8 Å². The Hall–Kier alpha value is -1.39. The van der Waals surface area contributed by atoms with Crippen LogP contribution in [0.1, 0.15) is 19.2 Å². The Morgan fingerprint density at radius 2 is 2.10 bits per heavy atom. The second-order valence-corrected chi connectivity index (χ2v) is 5.21. The third-order valence-electron chi connectivity index (χ3n) is 2.31. The molecular formula is C11H11F3IN5. The standard InChI is InChI=1S/C11H11F3IN5/c1-2-3-16-8-4-9(20-6-7(15)5-17-20)19-10(18-8)11(12,13)14/h4-6H,2-3H2,1H3,(H,16,18,19). The van der Waals surface area contributed by atoms with Crippen LogP contribution in [0.3, 0.4) is 0 Å². The first kappa shape index (κ1) is 15.0. The third-order valence-corrected chi connectivity index (χ3v) is 2.87. The van der Waals surface area contributed by atoms with E-state index in [0.717, 1.165) is 9.99 Å². The molecule has 1 N–H and O–H groups in total. The van der Waals surface area contributed by atoms with Gasteiger partial charge in [-0.3, -0.25) is 0 Å². The van der Waals surface area contributed by atoms with E-state index in [1.165, 1.54) is 16.9 Å². The van der Waals surface area contributed by atoms with E-state index in [1.54, 1.807) is 6.20 Å². The van der Waals surface area contributed by atoms with Gasteiger partial charge >= 0.3 is 6.18 Å². The van der Waals surface area contributed by atoms with E-state index in [0.29, 0.717) is 6.54 Å². The predicted octanol–water partition coefficient (Wildman–Crippen LogP) is 3.11. The summed E-state index contributed by atoms with van der Waals surface area (Å²) in [5.41, 5.74) is 0. The number of hydrogen-bond acceptors (Lipinski definition) is 4. The minimum atomic E-state index is -4.60. The fourth-order valence-electron chi connectivity index (χ4n) is 1.45. The summed E-state index contributed by atoms with van der Waals surface area (Å²) in [5, 5.41) is 6.78. The van der Waals surface area contributed by atoms with Gasteiger partial charge in [-0.2, -0.15) is 18.3 Å². The molecule has 0 spiro atoms. The summed E-state index contributed by atoms with van der Waals surface area (Å²) in [6.45, 7) is 2.44. The molecule has 5 nitrogen and oxygen atoms in total. The number of alkyl halides is 3. The molecule has 2 aromatic heterocycles. The van der Waals surface area contributed by atoms with Crippen LogP contribution in [0.2, 0.25) is 0 Å². The maximum absolute atomic E-state index is 12.8. The highest BCUT2D eigenvalue weighted by Gasteiger charge is 2.35. The summed E-state index contributed by atoms with van der Waals surface area (Å²) >= 11 is 2.02. The third kappa shape index (κ3) is 3.58. The van der Waals surface area contributed by atoms with Crippen LogP contribution in [0.25, 0.3) is 5.82 Å². The van der Waals surface area contributed by atoms with Gasteiger partial charge in [0.25, 0.3) is 0 Å². The molecule has 2 aromatic rings. The molecule has 2 rings (SSSR count). The van der Waals surface area contributed by atoms with Crippen LogP contribution < -0.4 is 5.32 Å². The van der Waals surface area contributed by atoms with Gasteiger partial charge in [0.1, 0.15) is 5.82 Å². The summed E-state index contributed by atoms with van der Waals surface area (Å²) in [4.78, 5) is 7.00. The minimum absolute atomic E-state index is 0.0776. The number of rotatable bonds is 4. The number of anilines is 1. The molecule has 0 amide bonds. The molecule has 0 aromatic carbocycles. The van der Waals surface area contributed by atoms with E-state index in [-0.39, 0.29) is 11.6 Å². The van der Waals surface area contributed by atoms with Crippen molar-refractivity contribution in [2.24, 2.45) is 0 Å². The van der Waals surface area contributed by atoms with Crippen molar-refractivity contribution < 1.29 is 13.2 Å². The van der Waals surface area contributed by atoms with Gasteiger partial charge in [0.15, 0.2) is 5.82 Å². The quantitative estimate of drug-likeness (QED) is 0.806. The minimum Gasteiger partial charge on any atom is -0.370 e. The first-order valence-corrected chi connectivity index (χ1v) is 6.88. The zero-order valence-electron chi connectivity index (χ0n) is 10.4. The van der Waals surface area contributed by atoms with Gasteiger partial charge in [0.2, 0.25) is 5.82 Å². The average Bonchev–Trinajstić information content (AvgIpc) is 2.82. The number of nitrogens with zero attached hydrogens (tertiary/aromatic N) is 4. The highest BCUT2D eigenvalue weighted by molar-refractivity contribution is 14.1. The zero-order chi connectivity index (χ0) is 14.8. The molecular weight excluding hydrogens is 386 g/mol. The Labute approximate surface area is 126 Å². The SMILES string of the molecule is CCCNc1cc(-n2cc(I)cn2)nc(C(F)(F)F)n1. The molecule has 0 saturated heterocycles. The van der Waals surface area contributed by atoms with Crippen molar-refractivity contribution in [1.29, 1.82) is 0 Å². The van der Waals surface area contributed by atoms with Gasteiger partial charge in [-0.25, -0.2) is 14.6 Å². The van der Waals surface area contributed by atoms with Crippen molar-refractivity contribution in [2.75, 3.05) is 11.9 Å². The summed E-state index contributed by atoms with van der Waals surface area (Å²) in [6, 6.07) is 1.44. The van der Waals surface area contributed by atoms with Crippen LogP contribution in [0, 0.1) is 3.57 Å². The lowest BCUT2D eigenvalue weighted by Crippen LogP contribution is -2.16. The van der Waals surface area contributed by atoms with E-state index >= 15 is 0 Å². The zero-order valence-corrected chi connectivity index (χ0v) is 12.6. The highest BCUT2D eigenvalue weighted by Crippen LogP contribution is 2.28. The summed E-state index contributed by atoms with van der Waals surface area (Å²) in [6.07, 6.45) is -0.693. The Kier molecular flexibility index (Phi) is 4.45. The highest BCUT2D eigenvalue weighted by atomic mass is 127. The number of halogens is 4. The van der Waals surface area contributed by atoms with Crippen LogP contribution in [-0.4, -0.2) is 26.3 Å². The van der Waals surface area contributed by atoms with Crippen molar-refractivity contribution in [1.82, 2.24) is 19.7 Å². The van der Waals surface area contributed by atoms with Gasteiger partial charge in [-0.15, -0.1) is 0 Å². The second kappa shape index (κ2) is 5.94. The van der Waals surface area contributed by atoms with Crippen molar-refractivity contribution in [2.45, 2.75) is 19.5 Å². The summed E-state index contributed by atoms with van der Waals surface area (Å²) in [5.74, 6) is -0.970. The maximum atomic E-state index is 12.8. The lowest BCUT2D eigenvalue weighted by atomic mass is 10.4. The summed E-state index contributed by atoms with van der Waals surface area (Å²) in [7, 11) is 0. The van der Waals surface area contributed by atoms with Gasteiger partial charge in [0.05, 0.1) is 9.77 Å². The maximum Gasteiger partial charge on any atom is 0.451 e. The Morgan fingerprint density at radius 3 is 2.65 bits per heavy atom. The van der Waals surface area contributed by atoms with Crippen LogP contribution in [0.15, 0.2) is 18.5 Å². The number of hydrogen-bond donors (Lipinski definition) is 1. The van der Waals surface area contributed by atoms with E-state index in [4.69, 9.17) is 0 Å². The summed E-state index contributed by atoms with van der Waals surface area (Å²) < 4.78 is 40.5. The average molecular weight is 397 g/mol. The number of nitrogens with one attached hydrogen (secondary N) is 1. The van der Waals surface area contributed by atoms with Crippen LogP contribution in [0.4, 0.5) is 19.0 Å². The van der Waals surface area contributed by atoms with Crippen molar-refractivity contribution in [3.05, 3.63) is 27.9 Å². The Morgan fingerprint density at radius 1 is 1.35 bits per heavy atom. The van der Waals surface area contributed by atoms with Gasteiger partial charge in [-0.1, -0.05) is 6.92 Å². The van der Waals surface area contributed by atoms with E-state index in [9.17, 15) is 13.2 Å². The lowest BCUT2D eigenvalue weighted by Gasteiger charge is -2.11.